The average Bonchev–Trinajstić information content (AvgIpc) is 2.69. The van der Waals surface area contributed by atoms with Crippen LogP contribution in [0.4, 0.5) is 5.69 Å². The van der Waals surface area contributed by atoms with Gasteiger partial charge in [-0.25, -0.2) is 0 Å². The number of aromatic nitrogens is 1. The van der Waals surface area contributed by atoms with Crippen molar-refractivity contribution in [1.82, 2.24) is 9.88 Å². The van der Waals surface area contributed by atoms with Crippen LogP contribution in [0.5, 0.6) is 11.5 Å². The summed E-state index contributed by atoms with van der Waals surface area (Å²) in [4.78, 5) is 18.8. The Kier molecular flexibility index (Phi) is 4.65. The van der Waals surface area contributed by atoms with E-state index < -0.39 is 6.10 Å². The van der Waals surface area contributed by atoms with Gasteiger partial charge in [-0.3, -0.25) is 9.78 Å². The van der Waals surface area contributed by atoms with E-state index in [1.807, 2.05) is 48.4 Å². The Morgan fingerprint density at radius 3 is 2.73 bits per heavy atom. The van der Waals surface area contributed by atoms with Crippen LogP contribution in [0.25, 0.3) is 0 Å². The Morgan fingerprint density at radius 1 is 1.19 bits per heavy atom. The number of hydrogen-bond donors (Lipinski definition) is 1. The van der Waals surface area contributed by atoms with Crippen LogP contribution < -0.4 is 14.8 Å². The number of carbonyl (C=O) groups is 1. The SMILES string of the molecule is Cc1cnccc1NC1CCN(C(=O)C2COc3ccccc3O2)CC1. The molecule has 6 nitrogen and oxygen atoms in total. The van der Waals surface area contributed by atoms with Crippen LogP contribution in [-0.2, 0) is 4.79 Å². The predicted molar refractivity (Wildman–Crippen MR) is 98.6 cm³/mol. The van der Waals surface area contributed by atoms with Crippen LogP contribution >= 0.6 is 0 Å². The average molecular weight is 353 g/mol. The van der Waals surface area contributed by atoms with Crippen LogP contribution in [0.3, 0.4) is 0 Å². The second-order valence-corrected chi connectivity index (χ2v) is 6.80. The third-order valence-electron chi connectivity index (χ3n) is 4.97. The van der Waals surface area contributed by atoms with E-state index in [1.165, 1.54) is 0 Å². The number of carbonyl (C=O) groups excluding carboxylic acids is 1. The minimum atomic E-state index is -0.558. The number of amides is 1. The van der Waals surface area contributed by atoms with Gasteiger partial charge in [0.2, 0.25) is 6.10 Å². The van der Waals surface area contributed by atoms with Gasteiger partial charge >= 0.3 is 0 Å². The van der Waals surface area contributed by atoms with Gasteiger partial charge in [-0.1, -0.05) is 12.1 Å². The molecule has 1 amide bonds. The monoisotopic (exact) mass is 353 g/mol. The number of hydrogen-bond acceptors (Lipinski definition) is 5. The summed E-state index contributed by atoms with van der Waals surface area (Å²) in [6.07, 6.45) is 4.93. The summed E-state index contributed by atoms with van der Waals surface area (Å²) < 4.78 is 11.5. The van der Waals surface area contributed by atoms with Crippen molar-refractivity contribution in [3.05, 3.63) is 48.3 Å². The Balaban J connectivity index is 1.32. The van der Waals surface area contributed by atoms with E-state index in [4.69, 9.17) is 9.47 Å². The number of nitrogens with zero attached hydrogens (tertiary/aromatic N) is 2. The summed E-state index contributed by atoms with van der Waals surface area (Å²) in [5.41, 5.74) is 2.25. The fourth-order valence-electron chi connectivity index (χ4n) is 3.44. The second-order valence-electron chi connectivity index (χ2n) is 6.80. The molecule has 0 aliphatic carbocycles. The summed E-state index contributed by atoms with van der Waals surface area (Å²) in [5, 5.41) is 3.57. The first kappa shape index (κ1) is 16.7. The van der Waals surface area contributed by atoms with Gasteiger partial charge in [0.15, 0.2) is 11.5 Å². The highest BCUT2D eigenvalue weighted by Gasteiger charge is 2.33. The Labute approximate surface area is 153 Å². The van der Waals surface area contributed by atoms with E-state index in [0.29, 0.717) is 17.5 Å². The normalized spacial score (nSPS) is 19.9. The molecule has 0 bridgehead atoms. The van der Waals surface area contributed by atoms with Crippen molar-refractivity contribution in [2.45, 2.75) is 31.9 Å². The van der Waals surface area contributed by atoms with Crippen molar-refractivity contribution < 1.29 is 14.3 Å². The first-order chi connectivity index (χ1) is 12.7. The largest absolute Gasteiger partial charge is 0.485 e. The summed E-state index contributed by atoms with van der Waals surface area (Å²) in [7, 11) is 0. The highest BCUT2D eigenvalue weighted by molar-refractivity contribution is 5.82. The van der Waals surface area contributed by atoms with E-state index in [-0.39, 0.29) is 12.5 Å². The van der Waals surface area contributed by atoms with Crippen molar-refractivity contribution in [3.63, 3.8) is 0 Å². The van der Waals surface area contributed by atoms with Gasteiger partial charge in [-0.2, -0.15) is 0 Å². The molecular weight excluding hydrogens is 330 g/mol. The lowest BCUT2D eigenvalue weighted by Gasteiger charge is -2.36. The lowest BCUT2D eigenvalue weighted by atomic mass is 10.0. The maximum atomic E-state index is 12.8. The standard InChI is InChI=1S/C20H23N3O3/c1-14-12-21-9-6-16(14)22-15-7-10-23(11-8-15)20(24)19-13-25-17-4-2-3-5-18(17)26-19/h2-6,9,12,15,19H,7-8,10-11,13H2,1H3,(H,21,22). The Morgan fingerprint density at radius 2 is 1.96 bits per heavy atom. The molecule has 26 heavy (non-hydrogen) atoms. The molecule has 0 spiro atoms. The molecule has 136 valence electrons. The zero-order valence-electron chi connectivity index (χ0n) is 14.9. The number of anilines is 1. The minimum absolute atomic E-state index is 0.0121. The number of aryl methyl sites for hydroxylation is 1. The number of likely N-dealkylation sites (tertiary alicyclic amines) is 1. The van der Waals surface area contributed by atoms with Gasteiger partial charge in [0.1, 0.15) is 6.61 Å². The molecule has 2 aliphatic heterocycles. The van der Waals surface area contributed by atoms with Crippen molar-refractivity contribution in [1.29, 1.82) is 0 Å². The van der Waals surface area contributed by atoms with Gasteiger partial charge in [0.25, 0.3) is 5.91 Å². The lowest BCUT2D eigenvalue weighted by molar-refractivity contribution is -0.142. The van der Waals surface area contributed by atoms with E-state index in [2.05, 4.69) is 10.3 Å². The molecule has 1 fully saturated rings. The summed E-state index contributed by atoms with van der Waals surface area (Å²) in [6, 6.07) is 9.83. The molecule has 6 heteroatoms. The van der Waals surface area contributed by atoms with Crippen molar-refractivity contribution in [3.8, 4) is 11.5 Å². The van der Waals surface area contributed by atoms with Gasteiger partial charge < -0.3 is 19.7 Å². The molecule has 0 radical (unpaired) electrons. The zero-order valence-corrected chi connectivity index (χ0v) is 14.9. The fraction of sp³-hybridized carbons (Fsp3) is 0.400. The van der Waals surface area contributed by atoms with Crippen LogP contribution in [-0.4, -0.2) is 47.6 Å². The smallest absolute Gasteiger partial charge is 0.267 e. The Bertz CT molecular complexity index is 787. The van der Waals surface area contributed by atoms with E-state index in [9.17, 15) is 4.79 Å². The first-order valence-electron chi connectivity index (χ1n) is 9.05. The van der Waals surface area contributed by atoms with Gasteiger partial charge in [-0.05, 0) is 43.5 Å². The summed E-state index contributed by atoms with van der Waals surface area (Å²) in [6.45, 7) is 3.76. The van der Waals surface area contributed by atoms with Crippen molar-refractivity contribution in [2.75, 3.05) is 25.0 Å². The number of pyridine rings is 1. The number of fused-ring (bicyclic) bond motifs is 1. The van der Waals surface area contributed by atoms with Crippen LogP contribution in [0.2, 0.25) is 0 Å². The molecule has 4 rings (SSSR count). The van der Waals surface area contributed by atoms with Crippen LogP contribution in [0.1, 0.15) is 18.4 Å². The number of rotatable bonds is 3. The molecule has 2 aromatic rings. The molecule has 3 heterocycles. The lowest BCUT2D eigenvalue weighted by Crippen LogP contribution is -2.50. The van der Waals surface area contributed by atoms with Crippen LogP contribution in [0, 0.1) is 6.92 Å². The number of piperidine rings is 1. The van der Waals surface area contributed by atoms with Gasteiger partial charge in [-0.15, -0.1) is 0 Å². The van der Waals surface area contributed by atoms with E-state index in [0.717, 1.165) is 37.2 Å². The van der Waals surface area contributed by atoms with Crippen LogP contribution in [0.15, 0.2) is 42.7 Å². The van der Waals surface area contributed by atoms with Crippen molar-refractivity contribution in [2.24, 2.45) is 0 Å². The molecule has 1 unspecified atom stereocenters. The maximum Gasteiger partial charge on any atom is 0.267 e. The highest BCUT2D eigenvalue weighted by Crippen LogP contribution is 2.31. The number of para-hydroxylation sites is 2. The molecular formula is C20H23N3O3. The number of nitrogens with one attached hydrogen (secondary N) is 1. The minimum Gasteiger partial charge on any atom is -0.485 e. The molecule has 1 aromatic heterocycles. The zero-order chi connectivity index (χ0) is 17.9. The fourth-order valence-corrected chi connectivity index (χ4v) is 3.44. The summed E-state index contributed by atoms with van der Waals surface area (Å²) >= 11 is 0. The second kappa shape index (κ2) is 7.23. The Hall–Kier alpha value is -2.76. The first-order valence-corrected chi connectivity index (χ1v) is 9.05. The molecule has 2 aliphatic rings. The number of ether oxygens (including phenoxy) is 2. The maximum absolute atomic E-state index is 12.8. The van der Waals surface area contributed by atoms with E-state index in [1.54, 1.807) is 6.20 Å². The molecule has 1 saturated heterocycles. The van der Waals surface area contributed by atoms with Crippen molar-refractivity contribution >= 4 is 11.6 Å². The van der Waals surface area contributed by atoms with Gasteiger partial charge in [0, 0.05) is 37.2 Å². The third kappa shape index (κ3) is 3.45. The topological polar surface area (TPSA) is 63.7 Å². The molecule has 0 saturated carbocycles. The molecule has 1 N–H and O–H groups in total. The summed E-state index contributed by atoms with van der Waals surface area (Å²) in [5.74, 6) is 1.35. The molecule has 1 aromatic carbocycles. The quantitative estimate of drug-likeness (QED) is 0.919. The highest BCUT2D eigenvalue weighted by atomic mass is 16.6. The predicted octanol–water partition coefficient (Wildman–Crippen LogP) is 2.63. The third-order valence-corrected chi connectivity index (χ3v) is 4.97. The molecule has 1 atom stereocenters. The number of benzene rings is 1. The van der Waals surface area contributed by atoms with E-state index >= 15 is 0 Å². The van der Waals surface area contributed by atoms with Gasteiger partial charge in [0.05, 0.1) is 0 Å².